The molecule has 0 bridgehead atoms. The molecule has 0 aliphatic rings. The Balaban J connectivity index is 4.73. The Labute approximate surface area is 90.9 Å². The maximum Gasteiger partial charge on any atom is 0.406 e. The van der Waals surface area contributed by atoms with Gasteiger partial charge in [-0.25, -0.2) is 12.7 Å². The Hall–Kier alpha value is -0.830. The molecule has 0 saturated heterocycles. The third-order valence-corrected chi connectivity index (χ3v) is 4.19. The van der Waals surface area contributed by atoms with Crippen LogP contribution in [0.2, 0.25) is 0 Å². The standard InChI is InChI=1S/C7H12F3NO4S/c1-5(7(8,9)10)16(14,15)11(2)4-3-6(12)13/h5H,3-4H2,1-2H3,(H,12,13). The first-order valence-electron chi connectivity index (χ1n) is 4.23. The lowest BCUT2D eigenvalue weighted by Crippen LogP contribution is -2.43. The van der Waals surface area contributed by atoms with E-state index in [1.54, 1.807) is 0 Å². The molecule has 9 heteroatoms. The van der Waals surface area contributed by atoms with Gasteiger partial charge >= 0.3 is 12.1 Å². The predicted octanol–water partition coefficient (Wildman–Crippen LogP) is 0.673. The van der Waals surface area contributed by atoms with Gasteiger partial charge in [-0.1, -0.05) is 0 Å². The Kier molecular flexibility index (Phi) is 4.74. The van der Waals surface area contributed by atoms with Gasteiger partial charge in [0.05, 0.1) is 6.42 Å². The molecule has 0 heterocycles. The molecule has 0 aliphatic heterocycles. The minimum atomic E-state index is -4.86. The lowest BCUT2D eigenvalue weighted by molar-refractivity contribution is -0.137. The molecule has 1 N–H and O–H groups in total. The smallest absolute Gasteiger partial charge is 0.406 e. The number of aliphatic carboxylic acids is 1. The van der Waals surface area contributed by atoms with E-state index in [4.69, 9.17) is 5.11 Å². The Morgan fingerprint density at radius 2 is 1.88 bits per heavy atom. The molecule has 0 rings (SSSR count). The summed E-state index contributed by atoms with van der Waals surface area (Å²) in [5.41, 5.74) is 0. The van der Waals surface area contributed by atoms with Crippen molar-refractivity contribution in [2.75, 3.05) is 13.6 Å². The van der Waals surface area contributed by atoms with Gasteiger partial charge in [0.15, 0.2) is 5.25 Å². The fourth-order valence-electron chi connectivity index (χ4n) is 0.819. The van der Waals surface area contributed by atoms with Gasteiger partial charge in [-0.2, -0.15) is 13.2 Å². The number of nitrogens with zero attached hydrogens (tertiary/aromatic N) is 1. The van der Waals surface area contributed by atoms with Crippen LogP contribution in [0.25, 0.3) is 0 Å². The maximum atomic E-state index is 12.2. The maximum absolute atomic E-state index is 12.2. The van der Waals surface area contributed by atoms with Crippen LogP contribution in [0.15, 0.2) is 0 Å². The predicted molar refractivity (Wildman–Crippen MR) is 49.3 cm³/mol. The molecule has 0 aromatic heterocycles. The summed E-state index contributed by atoms with van der Waals surface area (Å²) >= 11 is 0. The second-order valence-electron chi connectivity index (χ2n) is 3.19. The van der Waals surface area contributed by atoms with E-state index < -0.39 is 40.4 Å². The summed E-state index contributed by atoms with van der Waals surface area (Å²) in [5, 5.41) is 5.74. The van der Waals surface area contributed by atoms with Crippen LogP contribution in [0.1, 0.15) is 13.3 Å². The van der Waals surface area contributed by atoms with E-state index in [0.717, 1.165) is 7.05 Å². The zero-order chi connectivity index (χ0) is 13.1. The fraction of sp³-hybridized carbons (Fsp3) is 0.857. The summed E-state index contributed by atoms with van der Waals surface area (Å²) in [6, 6.07) is 0. The van der Waals surface area contributed by atoms with Gasteiger partial charge < -0.3 is 5.11 Å². The summed E-state index contributed by atoms with van der Waals surface area (Å²) < 4.78 is 59.6. The highest BCUT2D eigenvalue weighted by atomic mass is 32.2. The summed E-state index contributed by atoms with van der Waals surface area (Å²) in [6.07, 6.45) is -5.41. The molecule has 0 fully saturated rings. The van der Waals surface area contributed by atoms with E-state index in [-0.39, 0.29) is 0 Å². The number of hydrogen-bond acceptors (Lipinski definition) is 3. The molecular formula is C7H12F3NO4S. The molecule has 16 heavy (non-hydrogen) atoms. The first-order chi connectivity index (χ1) is 6.99. The lowest BCUT2D eigenvalue weighted by Gasteiger charge is -2.22. The quantitative estimate of drug-likeness (QED) is 0.791. The third kappa shape index (κ3) is 3.97. The van der Waals surface area contributed by atoms with E-state index >= 15 is 0 Å². The van der Waals surface area contributed by atoms with Gasteiger partial charge in [0.1, 0.15) is 0 Å². The Morgan fingerprint density at radius 1 is 1.44 bits per heavy atom. The van der Waals surface area contributed by atoms with E-state index in [9.17, 15) is 26.4 Å². The molecule has 0 amide bonds. The van der Waals surface area contributed by atoms with Crippen molar-refractivity contribution in [2.45, 2.75) is 24.8 Å². The molecule has 1 unspecified atom stereocenters. The number of carbonyl (C=O) groups is 1. The van der Waals surface area contributed by atoms with Crippen molar-refractivity contribution >= 4 is 16.0 Å². The van der Waals surface area contributed by atoms with Crippen LogP contribution in [0.5, 0.6) is 0 Å². The minimum Gasteiger partial charge on any atom is -0.481 e. The molecular weight excluding hydrogens is 251 g/mol. The van der Waals surface area contributed by atoms with E-state index in [0.29, 0.717) is 11.2 Å². The van der Waals surface area contributed by atoms with Crippen LogP contribution >= 0.6 is 0 Å². The Morgan fingerprint density at radius 3 is 2.19 bits per heavy atom. The van der Waals surface area contributed by atoms with Crippen molar-refractivity contribution in [2.24, 2.45) is 0 Å². The molecule has 0 saturated carbocycles. The first kappa shape index (κ1) is 15.2. The summed E-state index contributed by atoms with van der Waals surface area (Å²) in [6.45, 7) is 0.0324. The fourth-order valence-corrected chi connectivity index (χ4v) is 2.04. The van der Waals surface area contributed by atoms with Gasteiger partial charge in [0.2, 0.25) is 10.0 Å². The van der Waals surface area contributed by atoms with Crippen molar-refractivity contribution < 1.29 is 31.5 Å². The van der Waals surface area contributed by atoms with Crippen molar-refractivity contribution in [1.29, 1.82) is 0 Å². The highest BCUT2D eigenvalue weighted by Crippen LogP contribution is 2.27. The largest absolute Gasteiger partial charge is 0.481 e. The number of rotatable bonds is 5. The number of carboxylic acids is 1. The third-order valence-electron chi connectivity index (χ3n) is 1.98. The molecule has 0 spiro atoms. The molecule has 0 aliphatic carbocycles. The van der Waals surface area contributed by atoms with Crippen LogP contribution in [0.4, 0.5) is 13.2 Å². The van der Waals surface area contributed by atoms with Gasteiger partial charge in [-0.15, -0.1) is 0 Å². The van der Waals surface area contributed by atoms with E-state index in [1.165, 1.54) is 0 Å². The van der Waals surface area contributed by atoms with Crippen LogP contribution in [-0.4, -0.2) is 48.8 Å². The summed E-state index contributed by atoms with van der Waals surface area (Å²) in [7, 11) is -3.63. The highest BCUT2D eigenvalue weighted by molar-refractivity contribution is 7.89. The average molecular weight is 263 g/mol. The monoisotopic (exact) mass is 263 g/mol. The molecule has 5 nitrogen and oxygen atoms in total. The van der Waals surface area contributed by atoms with Crippen LogP contribution in [-0.2, 0) is 14.8 Å². The van der Waals surface area contributed by atoms with Gasteiger partial charge in [-0.3, -0.25) is 4.79 Å². The molecule has 0 radical (unpaired) electrons. The molecule has 1 atom stereocenters. The first-order valence-corrected chi connectivity index (χ1v) is 5.73. The van der Waals surface area contributed by atoms with E-state index in [2.05, 4.69) is 0 Å². The van der Waals surface area contributed by atoms with Gasteiger partial charge in [0, 0.05) is 13.6 Å². The molecule has 0 aromatic carbocycles. The van der Waals surface area contributed by atoms with Crippen LogP contribution in [0, 0.1) is 0 Å². The Bertz CT molecular complexity index is 351. The minimum absolute atomic E-state index is 0.402. The zero-order valence-corrected chi connectivity index (χ0v) is 9.47. The molecule has 0 aromatic rings. The van der Waals surface area contributed by atoms with Gasteiger partial charge in [-0.05, 0) is 6.92 Å². The second-order valence-corrected chi connectivity index (χ2v) is 5.55. The number of hydrogen-bond donors (Lipinski definition) is 1. The lowest BCUT2D eigenvalue weighted by atomic mass is 10.4. The van der Waals surface area contributed by atoms with E-state index in [1.807, 2.05) is 0 Å². The number of alkyl halides is 3. The molecule has 96 valence electrons. The normalized spacial score (nSPS) is 15.1. The van der Waals surface area contributed by atoms with Crippen molar-refractivity contribution in [3.63, 3.8) is 0 Å². The van der Waals surface area contributed by atoms with Crippen molar-refractivity contribution in [3.05, 3.63) is 0 Å². The highest BCUT2D eigenvalue weighted by Gasteiger charge is 2.46. The number of halogens is 3. The van der Waals surface area contributed by atoms with Crippen molar-refractivity contribution in [3.8, 4) is 0 Å². The summed E-state index contributed by atoms with van der Waals surface area (Å²) in [5.74, 6) is -1.28. The topological polar surface area (TPSA) is 74.7 Å². The SMILES string of the molecule is CC(C(F)(F)F)S(=O)(=O)N(C)CCC(=O)O. The van der Waals surface area contributed by atoms with Crippen LogP contribution < -0.4 is 0 Å². The second kappa shape index (κ2) is 5.00. The average Bonchev–Trinajstić information content (AvgIpc) is 2.11. The number of carboxylic acid groups (broad SMARTS) is 1. The van der Waals surface area contributed by atoms with Crippen molar-refractivity contribution in [1.82, 2.24) is 4.31 Å². The van der Waals surface area contributed by atoms with Gasteiger partial charge in [0.25, 0.3) is 0 Å². The summed E-state index contributed by atoms with van der Waals surface area (Å²) in [4.78, 5) is 10.2. The number of sulfonamides is 1. The zero-order valence-electron chi connectivity index (χ0n) is 8.65. The van der Waals surface area contributed by atoms with Crippen LogP contribution in [0.3, 0.4) is 0 Å².